The number of aromatic nitrogens is 1. The highest BCUT2D eigenvalue weighted by Crippen LogP contribution is 2.34. The lowest BCUT2D eigenvalue weighted by molar-refractivity contribution is -0.144. The fraction of sp³-hybridized carbons (Fsp3) is 0.250. The smallest absolute Gasteiger partial charge is 0.328 e. The number of carbonyl (C=O) groups is 3. The number of nitrogens with zero attached hydrogens (tertiary/aromatic N) is 1. The highest BCUT2D eigenvalue weighted by atomic mass is 16.7. The molecule has 11 nitrogen and oxygen atoms in total. The van der Waals surface area contributed by atoms with Crippen LogP contribution in [0.3, 0.4) is 0 Å². The molecular formula is C24H24N4O7. The van der Waals surface area contributed by atoms with Gasteiger partial charge in [-0.15, -0.1) is 0 Å². The molecular weight excluding hydrogens is 456 g/mol. The molecule has 1 aliphatic rings. The summed E-state index contributed by atoms with van der Waals surface area (Å²) < 4.78 is 20.4. The van der Waals surface area contributed by atoms with E-state index in [1.807, 2.05) is 0 Å². The van der Waals surface area contributed by atoms with E-state index in [0.29, 0.717) is 34.1 Å². The number of esters is 1. The van der Waals surface area contributed by atoms with Gasteiger partial charge in [-0.1, -0.05) is 31.1 Å². The van der Waals surface area contributed by atoms with E-state index in [1.54, 1.807) is 56.3 Å². The van der Waals surface area contributed by atoms with Crippen LogP contribution < -0.4 is 25.4 Å². The van der Waals surface area contributed by atoms with Gasteiger partial charge in [-0.3, -0.25) is 4.79 Å². The number of anilines is 2. The van der Waals surface area contributed by atoms with Crippen LogP contribution in [0, 0.1) is 5.92 Å². The molecule has 0 aliphatic carbocycles. The second-order valence-corrected chi connectivity index (χ2v) is 8.02. The van der Waals surface area contributed by atoms with E-state index < -0.39 is 23.9 Å². The van der Waals surface area contributed by atoms with Gasteiger partial charge in [0, 0.05) is 29.1 Å². The Morgan fingerprint density at radius 2 is 1.63 bits per heavy atom. The molecule has 0 saturated heterocycles. The minimum absolute atomic E-state index is 0.0418. The quantitative estimate of drug-likeness (QED) is 0.435. The van der Waals surface area contributed by atoms with Gasteiger partial charge in [-0.2, -0.15) is 0 Å². The first-order valence-electron chi connectivity index (χ1n) is 10.8. The maximum absolute atomic E-state index is 12.5. The van der Waals surface area contributed by atoms with Crippen molar-refractivity contribution in [3.63, 3.8) is 0 Å². The predicted octanol–water partition coefficient (Wildman–Crippen LogP) is 3.64. The lowest BCUT2D eigenvalue weighted by atomic mass is 10.0. The number of fused-ring (bicyclic) bond motifs is 1. The van der Waals surface area contributed by atoms with Crippen molar-refractivity contribution in [1.82, 2.24) is 10.5 Å². The van der Waals surface area contributed by atoms with Crippen LogP contribution in [0.25, 0.3) is 11.3 Å². The first kappa shape index (κ1) is 23.6. The van der Waals surface area contributed by atoms with Crippen molar-refractivity contribution in [2.75, 3.05) is 24.5 Å². The van der Waals surface area contributed by atoms with Crippen LogP contribution in [0.5, 0.6) is 11.5 Å². The fourth-order valence-electron chi connectivity index (χ4n) is 3.35. The lowest BCUT2D eigenvalue weighted by Crippen LogP contribution is -2.44. The minimum atomic E-state index is -0.810. The molecule has 2 heterocycles. The maximum atomic E-state index is 12.5. The number of carbonyl (C=O) groups excluding carboxylic acids is 3. The Balaban J connectivity index is 1.36. The average molecular weight is 480 g/mol. The van der Waals surface area contributed by atoms with Gasteiger partial charge in [0.25, 0.3) is 5.91 Å². The molecule has 0 bridgehead atoms. The highest BCUT2D eigenvalue weighted by Gasteiger charge is 2.27. The normalized spacial score (nSPS) is 12.7. The summed E-state index contributed by atoms with van der Waals surface area (Å²) >= 11 is 0. The molecule has 1 aromatic heterocycles. The number of urea groups is 1. The van der Waals surface area contributed by atoms with Crippen LogP contribution in [0.4, 0.5) is 16.2 Å². The summed E-state index contributed by atoms with van der Waals surface area (Å²) in [5.41, 5.74) is 2.20. The van der Waals surface area contributed by atoms with Gasteiger partial charge < -0.3 is 34.7 Å². The van der Waals surface area contributed by atoms with Crippen LogP contribution in [0.1, 0.15) is 24.4 Å². The SMILES string of the molecule is COC(=O)C(NC(=O)c1cc(-c2ccc(NC(=O)Nc3ccc4c(c3)OCO4)cc2)no1)C(C)C. The third-order valence-corrected chi connectivity index (χ3v) is 5.21. The summed E-state index contributed by atoms with van der Waals surface area (Å²) in [7, 11) is 1.26. The number of hydrogen-bond donors (Lipinski definition) is 3. The molecule has 4 rings (SSSR count). The van der Waals surface area contributed by atoms with E-state index >= 15 is 0 Å². The van der Waals surface area contributed by atoms with Crippen LogP contribution in [0.2, 0.25) is 0 Å². The Kier molecular flexibility index (Phi) is 6.86. The molecule has 3 amide bonds. The van der Waals surface area contributed by atoms with Crippen molar-refractivity contribution in [3.8, 4) is 22.8 Å². The van der Waals surface area contributed by atoms with Crippen LogP contribution >= 0.6 is 0 Å². The topological polar surface area (TPSA) is 141 Å². The zero-order chi connectivity index (χ0) is 24.9. The van der Waals surface area contributed by atoms with Crippen LogP contribution in [-0.4, -0.2) is 43.0 Å². The molecule has 2 aromatic carbocycles. The van der Waals surface area contributed by atoms with Crippen LogP contribution in [0.15, 0.2) is 53.1 Å². The van der Waals surface area contributed by atoms with Gasteiger partial charge >= 0.3 is 12.0 Å². The Morgan fingerprint density at radius 3 is 2.34 bits per heavy atom. The van der Waals surface area contributed by atoms with Crippen molar-refractivity contribution in [1.29, 1.82) is 0 Å². The second-order valence-electron chi connectivity index (χ2n) is 8.02. The zero-order valence-corrected chi connectivity index (χ0v) is 19.3. The van der Waals surface area contributed by atoms with Crippen molar-refractivity contribution >= 4 is 29.3 Å². The van der Waals surface area contributed by atoms with E-state index in [-0.39, 0.29) is 18.5 Å². The first-order valence-corrected chi connectivity index (χ1v) is 10.8. The van der Waals surface area contributed by atoms with Crippen molar-refractivity contribution in [2.24, 2.45) is 5.92 Å². The third-order valence-electron chi connectivity index (χ3n) is 5.21. The summed E-state index contributed by atoms with van der Waals surface area (Å²) in [4.78, 5) is 36.7. The van der Waals surface area contributed by atoms with Crippen molar-refractivity contribution in [2.45, 2.75) is 19.9 Å². The first-order chi connectivity index (χ1) is 16.8. The molecule has 0 saturated carbocycles. The number of benzene rings is 2. The molecule has 3 aromatic rings. The van der Waals surface area contributed by atoms with Gasteiger partial charge in [0.05, 0.1) is 7.11 Å². The molecule has 1 aliphatic heterocycles. The second kappa shape index (κ2) is 10.2. The highest BCUT2D eigenvalue weighted by molar-refractivity contribution is 6.00. The fourth-order valence-corrected chi connectivity index (χ4v) is 3.35. The molecule has 35 heavy (non-hydrogen) atoms. The number of methoxy groups -OCH3 is 1. The predicted molar refractivity (Wildman–Crippen MR) is 125 cm³/mol. The Morgan fingerprint density at radius 1 is 0.943 bits per heavy atom. The molecule has 0 spiro atoms. The van der Waals surface area contributed by atoms with Gasteiger partial charge in [-0.05, 0) is 30.2 Å². The molecule has 182 valence electrons. The van der Waals surface area contributed by atoms with E-state index in [2.05, 4.69) is 21.1 Å². The number of hydrogen-bond acceptors (Lipinski definition) is 8. The lowest BCUT2D eigenvalue weighted by Gasteiger charge is -2.18. The number of ether oxygens (including phenoxy) is 3. The third kappa shape index (κ3) is 5.52. The van der Waals surface area contributed by atoms with Crippen molar-refractivity contribution < 1.29 is 33.1 Å². The molecule has 1 atom stereocenters. The summed E-state index contributed by atoms with van der Waals surface area (Å²) in [5, 5.41) is 12.0. The zero-order valence-electron chi connectivity index (χ0n) is 19.3. The Bertz CT molecular complexity index is 1240. The Hall–Kier alpha value is -4.54. The largest absolute Gasteiger partial charge is 0.467 e. The summed E-state index contributed by atoms with van der Waals surface area (Å²) in [5.74, 6) is -0.137. The van der Waals surface area contributed by atoms with E-state index in [9.17, 15) is 14.4 Å². The minimum Gasteiger partial charge on any atom is -0.467 e. The summed E-state index contributed by atoms with van der Waals surface area (Å²) in [6.07, 6.45) is 0. The standard InChI is InChI=1S/C24H24N4O7/c1-13(2)21(23(30)32-3)27-22(29)20-11-17(28-35-20)14-4-6-15(7-5-14)25-24(31)26-16-8-9-18-19(10-16)34-12-33-18/h4-11,13,21H,12H2,1-3H3,(H,27,29)(H2,25,26,31). The monoisotopic (exact) mass is 480 g/mol. The number of nitrogens with one attached hydrogen (secondary N) is 3. The van der Waals surface area contributed by atoms with Crippen molar-refractivity contribution in [3.05, 3.63) is 54.3 Å². The molecule has 1 unspecified atom stereocenters. The number of rotatable bonds is 7. The van der Waals surface area contributed by atoms with Crippen LogP contribution in [-0.2, 0) is 9.53 Å². The molecule has 0 fully saturated rings. The van der Waals surface area contributed by atoms with Gasteiger partial charge in [-0.25, -0.2) is 9.59 Å². The molecule has 0 radical (unpaired) electrons. The summed E-state index contributed by atoms with van der Waals surface area (Å²) in [6, 6.07) is 12.2. The summed E-state index contributed by atoms with van der Waals surface area (Å²) in [6.45, 7) is 3.73. The van der Waals surface area contributed by atoms with Gasteiger partial charge in [0.1, 0.15) is 11.7 Å². The molecule has 3 N–H and O–H groups in total. The van der Waals surface area contributed by atoms with E-state index in [4.69, 9.17) is 18.7 Å². The Labute approximate surface area is 200 Å². The maximum Gasteiger partial charge on any atom is 0.328 e. The average Bonchev–Trinajstić information content (AvgIpc) is 3.52. The van der Waals surface area contributed by atoms with E-state index in [1.165, 1.54) is 13.2 Å². The van der Waals surface area contributed by atoms with E-state index in [0.717, 1.165) is 0 Å². The number of amides is 3. The van der Waals surface area contributed by atoms with Gasteiger partial charge in [0.2, 0.25) is 12.6 Å². The molecule has 11 heteroatoms. The van der Waals surface area contributed by atoms with Gasteiger partial charge in [0.15, 0.2) is 11.5 Å².